The maximum Gasteiger partial charge on any atom is 0.171 e. The third kappa shape index (κ3) is 3.93. The molecule has 0 aliphatic carbocycles. The van der Waals surface area contributed by atoms with Crippen LogP contribution >= 0.6 is 0 Å². The van der Waals surface area contributed by atoms with Crippen LogP contribution in [-0.2, 0) is 4.43 Å². The maximum atomic E-state index is 6.12. The van der Waals surface area contributed by atoms with Gasteiger partial charge in [0.05, 0.1) is 8.07 Å². The summed E-state index contributed by atoms with van der Waals surface area (Å²) in [5, 5.41) is 3.39. The third-order valence-corrected chi connectivity index (χ3v) is 8.69. The average Bonchev–Trinajstić information content (AvgIpc) is 1.82. The van der Waals surface area contributed by atoms with Gasteiger partial charge in [0.15, 0.2) is 9.04 Å². The molecule has 0 atom stereocenters. The lowest BCUT2D eigenvalue weighted by atomic mass is 10.5. The Morgan fingerprint density at radius 1 is 1.31 bits per heavy atom. The second-order valence-corrected chi connectivity index (χ2v) is 12.7. The summed E-state index contributed by atoms with van der Waals surface area (Å²) in [4.78, 5) is 0. The molecule has 0 radical (unpaired) electrons. The highest BCUT2D eigenvalue weighted by Crippen LogP contribution is 2.24. The van der Waals surface area contributed by atoms with Gasteiger partial charge in [-0.25, -0.2) is 0 Å². The van der Waals surface area contributed by atoms with Gasteiger partial charge in [0.25, 0.3) is 0 Å². The van der Waals surface area contributed by atoms with Crippen LogP contribution in [0.4, 0.5) is 0 Å². The molecule has 0 rings (SSSR count). The lowest BCUT2D eigenvalue weighted by Crippen LogP contribution is -2.59. The Morgan fingerprint density at radius 2 is 1.77 bits per heavy atom. The van der Waals surface area contributed by atoms with E-state index < -0.39 is 17.1 Å². The van der Waals surface area contributed by atoms with Crippen molar-refractivity contribution in [2.75, 3.05) is 13.2 Å². The predicted molar refractivity (Wildman–Crippen MR) is 65.4 cm³/mol. The Bertz CT molecular complexity index is 158. The van der Waals surface area contributed by atoms with Crippen LogP contribution in [-0.4, -0.2) is 35.6 Å². The standard InChI is InChI=1S/C9H25NOSi2/c1-9(2,11-12(4)5)13(6,7)8-10-3/h10,12H,8H2,1-7H3. The Labute approximate surface area is 85.8 Å². The lowest BCUT2D eigenvalue weighted by Gasteiger charge is -2.41. The van der Waals surface area contributed by atoms with E-state index in [1.54, 1.807) is 0 Å². The monoisotopic (exact) mass is 219 g/mol. The smallest absolute Gasteiger partial charge is 0.171 e. The molecule has 4 heteroatoms. The van der Waals surface area contributed by atoms with Crippen LogP contribution in [0.5, 0.6) is 0 Å². The van der Waals surface area contributed by atoms with Crippen molar-refractivity contribution in [3.63, 3.8) is 0 Å². The summed E-state index contributed by atoms with van der Waals surface area (Å²) < 4.78 is 6.12. The van der Waals surface area contributed by atoms with E-state index in [0.29, 0.717) is 0 Å². The highest BCUT2D eigenvalue weighted by Gasteiger charge is 2.39. The number of nitrogens with one attached hydrogen (secondary N) is 1. The molecule has 0 spiro atoms. The zero-order valence-electron chi connectivity index (χ0n) is 10.2. The molecule has 0 fully saturated rings. The van der Waals surface area contributed by atoms with Gasteiger partial charge in [-0.2, -0.15) is 0 Å². The summed E-state index contributed by atoms with van der Waals surface area (Å²) >= 11 is 0. The molecule has 0 unspecified atom stereocenters. The van der Waals surface area contributed by atoms with Gasteiger partial charge in [0, 0.05) is 5.22 Å². The van der Waals surface area contributed by atoms with Crippen LogP contribution in [0.3, 0.4) is 0 Å². The van der Waals surface area contributed by atoms with E-state index in [2.05, 4.69) is 45.4 Å². The molecule has 0 bridgehead atoms. The maximum absolute atomic E-state index is 6.12. The van der Waals surface area contributed by atoms with Crippen molar-refractivity contribution < 1.29 is 4.43 Å². The molecule has 2 nitrogen and oxygen atoms in total. The molecule has 0 aromatic heterocycles. The SMILES string of the molecule is CNC[Si](C)(C)C(C)(C)O[SiH](C)C. The first-order valence-electron chi connectivity index (χ1n) is 5.05. The quantitative estimate of drug-likeness (QED) is 0.712. The van der Waals surface area contributed by atoms with Crippen molar-refractivity contribution in [2.45, 2.75) is 45.3 Å². The average molecular weight is 219 g/mol. The Hall–Kier alpha value is 0.354. The topological polar surface area (TPSA) is 21.3 Å². The van der Waals surface area contributed by atoms with E-state index in [1.165, 1.54) is 0 Å². The largest absolute Gasteiger partial charge is 0.418 e. The Kier molecular flexibility index (Phi) is 4.86. The normalized spacial score (nSPS) is 13.8. The highest BCUT2D eigenvalue weighted by atomic mass is 28.3. The van der Waals surface area contributed by atoms with Crippen LogP contribution in [0.1, 0.15) is 13.8 Å². The molecular formula is C9H25NOSi2. The lowest BCUT2D eigenvalue weighted by molar-refractivity contribution is 0.186. The number of rotatable bonds is 5. The second kappa shape index (κ2) is 4.73. The Balaban J connectivity index is 4.40. The molecule has 13 heavy (non-hydrogen) atoms. The summed E-state index contributed by atoms with van der Waals surface area (Å²) in [5.41, 5.74) is 0. The van der Waals surface area contributed by atoms with Gasteiger partial charge in [-0.1, -0.05) is 13.1 Å². The predicted octanol–water partition coefficient (Wildman–Crippen LogP) is 1.77. The summed E-state index contributed by atoms with van der Waals surface area (Å²) in [5.74, 6) is 0. The fourth-order valence-corrected chi connectivity index (χ4v) is 5.87. The van der Waals surface area contributed by atoms with E-state index in [0.717, 1.165) is 6.17 Å². The number of hydrogen-bond donors (Lipinski definition) is 1. The van der Waals surface area contributed by atoms with Gasteiger partial charge in [-0.3, -0.25) is 0 Å². The van der Waals surface area contributed by atoms with Gasteiger partial charge in [0.1, 0.15) is 0 Å². The van der Waals surface area contributed by atoms with Crippen molar-refractivity contribution in [2.24, 2.45) is 0 Å². The second-order valence-electron chi connectivity index (χ2n) is 5.09. The van der Waals surface area contributed by atoms with Crippen molar-refractivity contribution in [1.29, 1.82) is 0 Å². The first kappa shape index (κ1) is 13.4. The van der Waals surface area contributed by atoms with Crippen molar-refractivity contribution in [3.05, 3.63) is 0 Å². The molecular weight excluding hydrogens is 194 g/mol. The van der Waals surface area contributed by atoms with Crippen LogP contribution in [0.15, 0.2) is 0 Å². The molecule has 0 heterocycles. The summed E-state index contributed by atoms with van der Waals surface area (Å²) in [7, 11) is -0.180. The summed E-state index contributed by atoms with van der Waals surface area (Å²) in [6.45, 7) is 13.8. The molecule has 0 amide bonds. The van der Waals surface area contributed by atoms with Gasteiger partial charge in [0.2, 0.25) is 0 Å². The third-order valence-electron chi connectivity index (χ3n) is 2.78. The molecule has 0 saturated heterocycles. The zero-order valence-corrected chi connectivity index (χ0v) is 12.3. The van der Waals surface area contributed by atoms with Crippen molar-refractivity contribution in [3.8, 4) is 0 Å². The van der Waals surface area contributed by atoms with Gasteiger partial charge in [-0.05, 0) is 40.2 Å². The molecule has 80 valence electrons. The van der Waals surface area contributed by atoms with E-state index in [4.69, 9.17) is 4.43 Å². The van der Waals surface area contributed by atoms with E-state index in [9.17, 15) is 0 Å². The van der Waals surface area contributed by atoms with Crippen molar-refractivity contribution >= 4 is 17.1 Å². The fraction of sp³-hybridized carbons (Fsp3) is 1.00. The molecule has 0 aliphatic heterocycles. The van der Waals surface area contributed by atoms with Crippen molar-refractivity contribution in [1.82, 2.24) is 5.32 Å². The van der Waals surface area contributed by atoms with Gasteiger partial charge >= 0.3 is 0 Å². The van der Waals surface area contributed by atoms with Crippen LogP contribution in [0, 0.1) is 0 Å². The molecule has 0 aromatic carbocycles. The van der Waals surface area contributed by atoms with E-state index in [-0.39, 0.29) is 5.22 Å². The molecule has 0 aromatic rings. The first-order chi connectivity index (χ1) is 5.73. The number of hydrogen-bond acceptors (Lipinski definition) is 2. The minimum absolute atomic E-state index is 0.108. The van der Waals surface area contributed by atoms with E-state index >= 15 is 0 Å². The van der Waals surface area contributed by atoms with Gasteiger partial charge < -0.3 is 9.74 Å². The van der Waals surface area contributed by atoms with Crippen LogP contribution in [0.2, 0.25) is 26.2 Å². The minimum Gasteiger partial charge on any atom is -0.418 e. The minimum atomic E-state index is -1.29. The zero-order chi connectivity index (χ0) is 10.7. The summed E-state index contributed by atoms with van der Waals surface area (Å²) in [6, 6.07) is 0. The van der Waals surface area contributed by atoms with Crippen LogP contribution in [0.25, 0.3) is 0 Å². The Morgan fingerprint density at radius 3 is 2.08 bits per heavy atom. The van der Waals surface area contributed by atoms with Crippen LogP contribution < -0.4 is 5.32 Å². The fourth-order valence-electron chi connectivity index (χ4n) is 1.40. The summed E-state index contributed by atoms with van der Waals surface area (Å²) in [6.07, 6.45) is 1.13. The molecule has 0 saturated carbocycles. The van der Waals surface area contributed by atoms with E-state index in [1.807, 2.05) is 7.05 Å². The molecule has 0 aliphatic rings. The molecule has 1 N–H and O–H groups in total. The highest BCUT2D eigenvalue weighted by molar-refractivity contribution is 6.80. The first-order valence-corrected chi connectivity index (χ1v) is 11.0. The van der Waals surface area contributed by atoms with Gasteiger partial charge in [-0.15, -0.1) is 0 Å².